The molecule has 29 heavy (non-hydrogen) atoms. The zero-order chi connectivity index (χ0) is 22.4. The number of carboxylic acids is 2. The number of allylic oxidation sites excluding steroid dienone is 2. The smallest absolute Gasteiger partial charge is 0.327 e. The molecule has 0 saturated heterocycles. The van der Waals surface area contributed by atoms with Crippen LogP contribution in [-0.2, 0) is 30.4 Å². The van der Waals surface area contributed by atoms with Crippen LogP contribution >= 0.6 is 11.8 Å². The molecule has 0 aliphatic carbocycles. The molecule has 0 aromatic rings. The SMILES string of the molecule is CC=CSCC(NC(=O)C(C[S+]([O-])C=CC)NC(=O)CCC(N)C(=O)O)C(=O)O. The Kier molecular flexibility index (Phi) is 13.9. The molecule has 10 nitrogen and oxygen atoms in total. The Morgan fingerprint density at radius 1 is 1.10 bits per heavy atom. The van der Waals surface area contributed by atoms with Crippen molar-refractivity contribution >= 4 is 46.7 Å². The molecule has 4 atom stereocenters. The largest absolute Gasteiger partial charge is 0.612 e. The first kappa shape index (κ1) is 27.0. The van der Waals surface area contributed by atoms with E-state index in [0.717, 1.165) is 0 Å². The van der Waals surface area contributed by atoms with E-state index < -0.39 is 53.1 Å². The molecule has 0 saturated carbocycles. The normalized spacial score (nSPS) is 15.6. The minimum Gasteiger partial charge on any atom is -0.612 e. The van der Waals surface area contributed by atoms with Crippen molar-refractivity contribution in [1.82, 2.24) is 10.6 Å². The third kappa shape index (κ3) is 12.2. The van der Waals surface area contributed by atoms with Gasteiger partial charge in [0.15, 0.2) is 6.04 Å². The van der Waals surface area contributed by atoms with Gasteiger partial charge < -0.3 is 31.1 Å². The first-order valence-corrected chi connectivity index (χ1v) is 11.1. The molecule has 0 aliphatic heterocycles. The molecule has 0 radical (unpaired) electrons. The summed E-state index contributed by atoms with van der Waals surface area (Å²) >= 11 is -0.389. The number of amides is 2. The van der Waals surface area contributed by atoms with Gasteiger partial charge in [0, 0.05) is 12.2 Å². The lowest BCUT2D eigenvalue weighted by Gasteiger charge is -2.21. The predicted octanol–water partition coefficient (Wildman–Crippen LogP) is -0.218. The van der Waals surface area contributed by atoms with Crippen LogP contribution in [0.25, 0.3) is 0 Å². The van der Waals surface area contributed by atoms with Crippen molar-refractivity contribution in [2.75, 3.05) is 11.5 Å². The van der Waals surface area contributed by atoms with Crippen LogP contribution in [0.3, 0.4) is 0 Å². The Morgan fingerprint density at radius 3 is 2.28 bits per heavy atom. The average Bonchev–Trinajstić information content (AvgIpc) is 2.64. The topological polar surface area (TPSA) is 182 Å². The summed E-state index contributed by atoms with van der Waals surface area (Å²) in [6, 6.07) is -3.70. The monoisotopic (exact) mass is 449 g/mol. The van der Waals surface area contributed by atoms with Crippen molar-refractivity contribution in [1.29, 1.82) is 0 Å². The van der Waals surface area contributed by atoms with E-state index in [1.807, 2.05) is 0 Å². The van der Waals surface area contributed by atoms with E-state index in [0.29, 0.717) is 0 Å². The highest BCUT2D eigenvalue weighted by Gasteiger charge is 2.29. The van der Waals surface area contributed by atoms with Gasteiger partial charge in [0.05, 0.1) is 0 Å². The van der Waals surface area contributed by atoms with Crippen molar-refractivity contribution in [2.45, 2.75) is 44.8 Å². The molecule has 0 heterocycles. The zero-order valence-electron chi connectivity index (χ0n) is 16.2. The molecule has 0 fully saturated rings. The standard InChI is InChI=1S/C17H27N3O7S2/c1-3-7-28-9-12(17(25)26)20-15(22)13(10-29(27)8-4-2)19-14(21)6-5-11(18)16(23)24/h3-4,7-8,11-13H,5-6,9-10,18H2,1-2H3,(H,19,21)(H,20,22)(H,23,24)(H,25,26). The molecule has 0 aromatic carbocycles. The Labute approximate surface area is 176 Å². The Balaban J connectivity index is 5.11. The molecule has 6 N–H and O–H groups in total. The van der Waals surface area contributed by atoms with Gasteiger partial charge in [0.2, 0.25) is 11.8 Å². The second kappa shape index (κ2) is 14.9. The Bertz CT molecular complexity index is 628. The van der Waals surface area contributed by atoms with Gasteiger partial charge in [-0.15, -0.1) is 11.8 Å². The highest BCUT2D eigenvalue weighted by atomic mass is 32.2. The molecule has 0 aromatic heterocycles. The van der Waals surface area contributed by atoms with Gasteiger partial charge in [-0.2, -0.15) is 0 Å². The molecule has 2 amide bonds. The van der Waals surface area contributed by atoms with E-state index in [4.69, 9.17) is 10.8 Å². The summed E-state index contributed by atoms with van der Waals surface area (Å²) in [6.45, 7) is 3.40. The van der Waals surface area contributed by atoms with Crippen molar-refractivity contribution in [3.63, 3.8) is 0 Å². The molecule has 12 heteroatoms. The summed E-state index contributed by atoms with van der Waals surface area (Å²) in [7, 11) is 0. The summed E-state index contributed by atoms with van der Waals surface area (Å²) in [6.07, 6.45) is 2.83. The summed E-state index contributed by atoms with van der Waals surface area (Å²) in [5.74, 6) is -4.16. The predicted molar refractivity (Wildman–Crippen MR) is 111 cm³/mol. The van der Waals surface area contributed by atoms with Crippen LogP contribution in [0.2, 0.25) is 0 Å². The first-order chi connectivity index (χ1) is 13.6. The summed E-state index contributed by atoms with van der Waals surface area (Å²) in [5.41, 5.74) is 5.34. The minimum atomic E-state index is -1.58. The third-order valence-electron chi connectivity index (χ3n) is 3.38. The number of aliphatic carboxylic acids is 2. The highest BCUT2D eigenvalue weighted by molar-refractivity contribution is 8.02. The van der Waals surface area contributed by atoms with Gasteiger partial charge in [-0.1, -0.05) is 6.08 Å². The molecule has 0 bridgehead atoms. The lowest BCUT2D eigenvalue weighted by Crippen LogP contribution is -2.54. The molecule has 0 rings (SSSR count). The molecule has 4 unspecified atom stereocenters. The maximum Gasteiger partial charge on any atom is 0.327 e. The summed E-state index contributed by atoms with van der Waals surface area (Å²) in [5, 5.41) is 25.7. The van der Waals surface area contributed by atoms with Gasteiger partial charge >= 0.3 is 11.9 Å². The number of carbonyl (C=O) groups is 4. The Hall–Kier alpha value is -2.02. The number of hydrogen-bond donors (Lipinski definition) is 5. The second-order valence-corrected chi connectivity index (χ2v) is 8.13. The fraction of sp³-hybridized carbons (Fsp3) is 0.529. The van der Waals surface area contributed by atoms with E-state index in [1.165, 1.54) is 23.2 Å². The quantitative estimate of drug-likeness (QED) is 0.224. The van der Waals surface area contributed by atoms with Crippen LogP contribution in [0.15, 0.2) is 23.0 Å². The van der Waals surface area contributed by atoms with Crippen LogP contribution in [0.1, 0.15) is 26.7 Å². The number of thioether (sulfide) groups is 1. The average molecular weight is 450 g/mol. The summed E-state index contributed by atoms with van der Waals surface area (Å²) < 4.78 is 12.0. The van der Waals surface area contributed by atoms with Crippen molar-refractivity contribution in [3.05, 3.63) is 23.0 Å². The van der Waals surface area contributed by atoms with E-state index in [-0.39, 0.29) is 24.3 Å². The lowest BCUT2D eigenvalue weighted by molar-refractivity contribution is -0.141. The van der Waals surface area contributed by atoms with E-state index in [1.54, 1.807) is 25.3 Å². The molecule has 164 valence electrons. The molecule has 0 spiro atoms. The van der Waals surface area contributed by atoms with Crippen LogP contribution < -0.4 is 16.4 Å². The second-order valence-electron chi connectivity index (χ2n) is 5.82. The number of nitrogens with one attached hydrogen (secondary N) is 2. The third-order valence-corrected chi connectivity index (χ3v) is 5.61. The van der Waals surface area contributed by atoms with Gasteiger partial charge in [0.1, 0.15) is 23.2 Å². The van der Waals surface area contributed by atoms with Gasteiger partial charge in [0.25, 0.3) is 0 Å². The fourth-order valence-corrected chi connectivity index (χ4v) is 3.63. The molecular formula is C17H27N3O7S2. The van der Waals surface area contributed by atoms with Crippen molar-refractivity contribution in [2.24, 2.45) is 5.73 Å². The summed E-state index contributed by atoms with van der Waals surface area (Å²) in [4.78, 5) is 46.7. The lowest BCUT2D eigenvalue weighted by atomic mass is 10.1. The van der Waals surface area contributed by atoms with Crippen LogP contribution in [0.5, 0.6) is 0 Å². The van der Waals surface area contributed by atoms with Gasteiger partial charge in [-0.25, -0.2) is 4.79 Å². The van der Waals surface area contributed by atoms with E-state index in [2.05, 4.69) is 10.6 Å². The van der Waals surface area contributed by atoms with Crippen molar-refractivity contribution in [3.8, 4) is 0 Å². The fourth-order valence-electron chi connectivity index (χ4n) is 1.93. The van der Waals surface area contributed by atoms with E-state index >= 15 is 0 Å². The Morgan fingerprint density at radius 2 is 1.76 bits per heavy atom. The highest BCUT2D eigenvalue weighted by Crippen LogP contribution is 2.06. The van der Waals surface area contributed by atoms with Crippen LogP contribution in [0, 0.1) is 0 Å². The van der Waals surface area contributed by atoms with E-state index in [9.17, 15) is 28.8 Å². The molecular weight excluding hydrogens is 422 g/mol. The number of hydrogen-bond acceptors (Lipinski definition) is 7. The van der Waals surface area contributed by atoms with Gasteiger partial charge in [-0.05, 0) is 42.9 Å². The van der Waals surface area contributed by atoms with Crippen LogP contribution in [0.4, 0.5) is 0 Å². The number of carbonyl (C=O) groups excluding carboxylic acids is 2. The van der Waals surface area contributed by atoms with Crippen molar-refractivity contribution < 1.29 is 33.9 Å². The van der Waals surface area contributed by atoms with Crippen LogP contribution in [-0.4, -0.2) is 68.2 Å². The minimum absolute atomic E-state index is 0.0670. The number of nitrogens with two attached hydrogens (primary N) is 1. The zero-order valence-corrected chi connectivity index (χ0v) is 17.8. The first-order valence-electron chi connectivity index (χ1n) is 8.66. The number of carboxylic acid groups (broad SMARTS) is 2. The maximum absolute atomic E-state index is 12.5. The number of rotatable bonds is 14. The maximum atomic E-state index is 12.5. The molecule has 0 aliphatic rings. The van der Waals surface area contributed by atoms with Gasteiger partial charge in [-0.3, -0.25) is 14.4 Å².